The molecule has 0 saturated heterocycles. The van der Waals surface area contributed by atoms with Crippen LogP contribution in [0.1, 0.15) is 16.7 Å². The fraction of sp³-hybridized carbons (Fsp3) is 0.269. The van der Waals surface area contributed by atoms with E-state index < -0.39 is 0 Å². The van der Waals surface area contributed by atoms with Crippen LogP contribution in [0.5, 0.6) is 17.2 Å². The van der Waals surface area contributed by atoms with E-state index in [1.807, 2.05) is 18.2 Å². The maximum absolute atomic E-state index is 13.0. The number of ether oxygens (including phenoxy) is 4. The van der Waals surface area contributed by atoms with E-state index in [0.717, 1.165) is 22.4 Å². The number of carbonyl (C=O) groups is 1. The van der Waals surface area contributed by atoms with Gasteiger partial charge in [-0.1, -0.05) is 18.2 Å². The van der Waals surface area contributed by atoms with Gasteiger partial charge in [0.25, 0.3) is 0 Å². The Bertz CT molecular complexity index is 1170. The molecular formula is C26H25FN2O5. The van der Waals surface area contributed by atoms with Gasteiger partial charge in [-0.25, -0.2) is 9.18 Å². The van der Waals surface area contributed by atoms with Crippen LogP contribution in [-0.2, 0) is 24.5 Å². The number of urea groups is 1. The van der Waals surface area contributed by atoms with Crippen molar-refractivity contribution in [2.45, 2.75) is 19.8 Å². The molecule has 2 aliphatic heterocycles. The van der Waals surface area contributed by atoms with E-state index in [-0.39, 0.29) is 11.8 Å². The Labute approximate surface area is 197 Å². The Morgan fingerprint density at radius 2 is 1.56 bits per heavy atom. The largest absolute Gasteiger partial charge is 0.491 e. The zero-order valence-electron chi connectivity index (χ0n) is 18.6. The first-order chi connectivity index (χ1) is 16.6. The quantitative estimate of drug-likeness (QED) is 0.591. The smallest absolute Gasteiger partial charge is 0.322 e. The van der Waals surface area contributed by atoms with Gasteiger partial charge in [-0.2, -0.15) is 0 Å². The van der Waals surface area contributed by atoms with Gasteiger partial charge >= 0.3 is 6.03 Å². The number of fused-ring (bicyclic) bond motifs is 2. The number of nitrogens with one attached hydrogen (secondary N) is 1. The van der Waals surface area contributed by atoms with Gasteiger partial charge in [-0.05, 0) is 47.5 Å². The van der Waals surface area contributed by atoms with E-state index in [4.69, 9.17) is 18.9 Å². The molecule has 0 aromatic heterocycles. The molecule has 34 heavy (non-hydrogen) atoms. The maximum Gasteiger partial charge on any atom is 0.322 e. The monoisotopic (exact) mass is 464 g/mol. The van der Waals surface area contributed by atoms with Crippen molar-refractivity contribution in [1.82, 2.24) is 4.90 Å². The first-order valence-corrected chi connectivity index (χ1v) is 11.2. The molecule has 0 saturated carbocycles. The maximum atomic E-state index is 13.0. The first-order valence-electron chi connectivity index (χ1n) is 11.2. The summed E-state index contributed by atoms with van der Waals surface area (Å²) >= 11 is 0. The van der Waals surface area contributed by atoms with Crippen LogP contribution < -0.4 is 19.5 Å². The SMILES string of the molecule is O=C(Nc1ccc2c(c1)OCCO2)N1CCOc2ccc(COCc3ccc(F)cc3)cc2C1. The molecule has 0 bridgehead atoms. The van der Waals surface area contributed by atoms with Crippen LogP contribution in [0.25, 0.3) is 0 Å². The van der Waals surface area contributed by atoms with Crippen LogP contribution in [-0.4, -0.2) is 37.3 Å². The minimum Gasteiger partial charge on any atom is -0.491 e. The number of hydrogen-bond donors (Lipinski definition) is 1. The zero-order chi connectivity index (χ0) is 23.3. The normalized spacial score (nSPS) is 14.6. The summed E-state index contributed by atoms with van der Waals surface area (Å²) in [5, 5.41) is 2.94. The van der Waals surface area contributed by atoms with Crippen molar-refractivity contribution in [3.05, 3.63) is 83.2 Å². The van der Waals surface area contributed by atoms with Crippen LogP contribution in [0.2, 0.25) is 0 Å². The number of rotatable bonds is 5. The second-order valence-corrected chi connectivity index (χ2v) is 8.12. The van der Waals surface area contributed by atoms with E-state index >= 15 is 0 Å². The van der Waals surface area contributed by atoms with Crippen molar-refractivity contribution in [3.8, 4) is 17.2 Å². The van der Waals surface area contributed by atoms with Gasteiger partial charge in [0, 0.05) is 17.3 Å². The molecule has 2 aliphatic rings. The number of amides is 2. The predicted octanol–water partition coefficient (Wildman–Crippen LogP) is 4.74. The molecule has 8 heteroatoms. The highest BCUT2D eigenvalue weighted by molar-refractivity contribution is 5.89. The molecule has 7 nitrogen and oxygen atoms in total. The van der Waals surface area contributed by atoms with Gasteiger partial charge in [-0.3, -0.25) is 0 Å². The average molecular weight is 464 g/mol. The molecule has 176 valence electrons. The number of halogens is 1. The average Bonchev–Trinajstić information content (AvgIpc) is 3.07. The standard InChI is InChI=1S/C26H25FN2O5/c27-21-4-1-18(2-5-21)16-31-17-19-3-7-23-20(13-19)15-29(9-10-32-23)26(30)28-22-6-8-24-25(14-22)34-12-11-33-24/h1-8,13-14H,9-12,15-17H2,(H,28,30). The number of nitrogens with zero attached hydrogens (tertiary/aromatic N) is 1. The summed E-state index contributed by atoms with van der Waals surface area (Å²) in [6.07, 6.45) is 0. The summed E-state index contributed by atoms with van der Waals surface area (Å²) in [7, 11) is 0. The van der Waals surface area contributed by atoms with E-state index in [1.165, 1.54) is 12.1 Å². The minimum atomic E-state index is -0.267. The molecule has 0 spiro atoms. The Kier molecular flexibility index (Phi) is 6.49. The van der Waals surface area contributed by atoms with Gasteiger partial charge in [0.1, 0.15) is 31.4 Å². The minimum absolute atomic E-state index is 0.217. The van der Waals surface area contributed by atoms with Crippen molar-refractivity contribution in [3.63, 3.8) is 0 Å². The lowest BCUT2D eigenvalue weighted by molar-refractivity contribution is 0.107. The lowest BCUT2D eigenvalue weighted by atomic mass is 10.1. The molecule has 0 aliphatic carbocycles. The zero-order valence-corrected chi connectivity index (χ0v) is 18.6. The summed E-state index contributed by atoms with van der Waals surface area (Å²) in [4.78, 5) is 14.7. The summed E-state index contributed by atoms with van der Waals surface area (Å²) < 4.78 is 35.8. The van der Waals surface area contributed by atoms with Crippen LogP contribution in [0.15, 0.2) is 60.7 Å². The predicted molar refractivity (Wildman–Crippen MR) is 124 cm³/mol. The summed E-state index contributed by atoms with van der Waals surface area (Å²) in [5.74, 6) is 1.79. The first kappa shape index (κ1) is 22.0. The molecule has 5 rings (SSSR count). The third kappa shape index (κ3) is 5.23. The van der Waals surface area contributed by atoms with Gasteiger partial charge in [0.15, 0.2) is 11.5 Å². The number of benzene rings is 3. The van der Waals surface area contributed by atoms with E-state index in [9.17, 15) is 9.18 Å². The van der Waals surface area contributed by atoms with E-state index in [1.54, 1.807) is 35.2 Å². The number of hydrogen-bond acceptors (Lipinski definition) is 5. The molecule has 0 atom stereocenters. The highest BCUT2D eigenvalue weighted by atomic mass is 19.1. The molecule has 0 radical (unpaired) electrons. The lowest BCUT2D eigenvalue weighted by Crippen LogP contribution is -2.36. The van der Waals surface area contributed by atoms with Crippen molar-refractivity contribution >= 4 is 11.7 Å². The van der Waals surface area contributed by atoms with Crippen molar-refractivity contribution in [2.24, 2.45) is 0 Å². The third-order valence-corrected chi connectivity index (χ3v) is 5.64. The molecule has 3 aromatic rings. The van der Waals surface area contributed by atoms with E-state index in [0.29, 0.717) is 63.3 Å². The Morgan fingerprint density at radius 3 is 2.41 bits per heavy atom. The number of carbonyl (C=O) groups excluding carboxylic acids is 1. The molecule has 3 aromatic carbocycles. The van der Waals surface area contributed by atoms with Crippen LogP contribution in [0.4, 0.5) is 14.9 Å². The van der Waals surface area contributed by atoms with E-state index in [2.05, 4.69) is 5.32 Å². The highest BCUT2D eigenvalue weighted by Gasteiger charge is 2.21. The molecule has 1 N–H and O–H groups in total. The molecular weight excluding hydrogens is 439 g/mol. The third-order valence-electron chi connectivity index (χ3n) is 5.64. The molecule has 0 fully saturated rings. The Hall–Kier alpha value is -3.78. The topological polar surface area (TPSA) is 69.3 Å². The summed E-state index contributed by atoms with van der Waals surface area (Å²) in [5.41, 5.74) is 3.43. The molecule has 2 amide bonds. The van der Waals surface area contributed by atoms with Crippen LogP contribution >= 0.6 is 0 Å². The second-order valence-electron chi connectivity index (χ2n) is 8.12. The Balaban J connectivity index is 1.21. The Morgan fingerprint density at radius 1 is 0.853 bits per heavy atom. The van der Waals surface area contributed by atoms with Crippen molar-refractivity contribution < 1.29 is 28.1 Å². The van der Waals surface area contributed by atoms with Crippen LogP contribution in [0, 0.1) is 5.82 Å². The van der Waals surface area contributed by atoms with Gasteiger partial charge in [0.05, 0.1) is 26.3 Å². The number of anilines is 1. The second kappa shape index (κ2) is 10.0. The van der Waals surface area contributed by atoms with Crippen molar-refractivity contribution in [1.29, 1.82) is 0 Å². The van der Waals surface area contributed by atoms with Gasteiger partial charge in [-0.15, -0.1) is 0 Å². The van der Waals surface area contributed by atoms with Gasteiger partial charge < -0.3 is 29.2 Å². The lowest BCUT2D eigenvalue weighted by Gasteiger charge is -2.22. The summed E-state index contributed by atoms with van der Waals surface area (Å²) in [6.45, 7) is 3.07. The van der Waals surface area contributed by atoms with Gasteiger partial charge in [0.2, 0.25) is 0 Å². The summed E-state index contributed by atoms with van der Waals surface area (Å²) in [6, 6.07) is 17.3. The fourth-order valence-electron chi connectivity index (χ4n) is 3.90. The fourth-order valence-corrected chi connectivity index (χ4v) is 3.90. The van der Waals surface area contributed by atoms with Crippen LogP contribution in [0.3, 0.4) is 0 Å². The molecule has 2 heterocycles. The van der Waals surface area contributed by atoms with Crippen molar-refractivity contribution in [2.75, 3.05) is 31.7 Å². The highest BCUT2D eigenvalue weighted by Crippen LogP contribution is 2.33. The molecule has 0 unspecified atom stereocenters.